The smallest absolute Gasteiger partial charge is 0.348 e. The molecule has 1 aromatic heterocycles. The second-order valence-electron chi connectivity index (χ2n) is 6.09. The van der Waals surface area contributed by atoms with Gasteiger partial charge in [0.1, 0.15) is 0 Å². The molecule has 21 heavy (non-hydrogen) atoms. The molecule has 1 N–H and O–H groups in total. The Morgan fingerprint density at radius 1 is 1.29 bits per heavy atom. The highest BCUT2D eigenvalue weighted by atomic mass is 16.4. The number of aliphatic carboxylic acids is 1. The van der Waals surface area contributed by atoms with E-state index in [9.17, 15) is 9.59 Å². The number of aryl methyl sites for hydroxylation is 1. The van der Waals surface area contributed by atoms with Gasteiger partial charge >= 0.3 is 11.7 Å². The van der Waals surface area contributed by atoms with E-state index in [4.69, 9.17) is 5.11 Å². The van der Waals surface area contributed by atoms with Gasteiger partial charge in [0.05, 0.1) is 12.5 Å². The van der Waals surface area contributed by atoms with E-state index in [1.54, 1.807) is 11.5 Å². The van der Waals surface area contributed by atoms with E-state index >= 15 is 0 Å². The lowest BCUT2D eigenvalue weighted by atomic mass is 10.0. The highest BCUT2D eigenvalue weighted by Gasteiger charge is 2.39. The zero-order chi connectivity index (χ0) is 15.1. The molecule has 0 radical (unpaired) electrons. The molecule has 2 aliphatic heterocycles. The number of fused-ring (bicyclic) bond motifs is 1. The van der Waals surface area contributed by atoms with E-state index < -0.39 is 5.97 Å². The molecule has 0 aliphatic carbocycles. The van der Waals surface area contributed by atoms with Crippen LogP contribution in [-0.4, -0.2) is 44.7 Å². The molecule has 0 saturated carbocycles. The van der Waals surface area contributed by atoms with E-state index in [0.717, 1.165) is 31.6 Å². The average Bonchev–Trinajstić information content (AvgIpc) is 2.98. The van der Waals surface area contributed by atoms with Crippen LogP contribution in [0.3, 0.4) is 0 Å². The SMILES string of the molecule is Cc1nc(=O)n(C2CCN3CCCC23)c(C)c1CC(=O)O. The average molecular weight is 291 g/mol. The van der Waals surface area contributed by atoms with Crippen molar-refractivity contribution in [1.82, 2.24) is 14.5 Å². The lowest BCUT2D eigenvalue weighted by Gasteiger charge is -2.25. The first-order chi connectivity index (χ1) is 9.99. The predicted molar refractivity (Wildman–Crippen MR) is 77.6 cm³/mol. The van der Waals surface area contributed by atoms with Crippen LogP contribution in [0, 0.1) is 13.8 Å². The molecule has 2 saturated heterocycles. The Bertz CT molecular complexity index is 638. The Morgan fingerprint density at radius 2 is 2.05 bits per heavy atom. The maximum Gasteiger partial charge on any atom is 0.348 e. The minimum atomic E-state index is -0.887. The van der Waals surface area contributed by atoms with Crippen LogP contribution >= 0.6 is 0 Å². The van der Waals surface area contributed by atoms with Crippen molar-refractivity contribution in [2.75, 3.05) is 13.1 Å². The van der Waals surface area contributed by atoms with Crippen molar-refractivity contribution in [3.63, 3.8) is 0 Å². The van der Waals surface area contributed by atoms with Gasteiger partial charge in [-0.1, -0.05) is 0 Å². The van der Waals surface area contributed by atoms with Crippen molar-refractivity contribution >= 4 is 5.97 Å². The van der Waals surface area contributed by atoms with E-state index in [2.05, 4.69) is 9.88 Å². The highest BCUT2D eigenvalue weighted by molar-refractivity contribution is 5.70. The summed E-state index contributed by atoms with van der Waals surface area (Å²) in [4.78, 5) is 29.9. The Kier molecular flexibility index (Phi) is 3.57. The van der Waals surface area contributed by atoms with Crippen molar-refractivity contribution in [3.05, 3.63) is 27.4 Å². The second kappa shape index (κ2) is 5.26. The third-order valence-corrected chi connectivity index (χ3v) is 4.93. The van der Waals surface area contributed by atoms with Crippen LogP contribution in [0.5, 0.6) is 0 Å². The highest BCUT2D eigenvalue weighted by Crippen LogP contribution is 2.36. The zero-order valence-electron chi connectivity index (χ0n) is 12.5. The zero-order valence-corrected chi connectivity index (χ0v) is 12.5. The van der Waals surface area contributed by atoms with Crippen LogP contribution in [0.25, 0.3) is 0 Å². The molecule has 2 aliphatic rings. The minimum absolute atomic E-state index is 0.0773. The van der Waals surface area contributed by atoms with Gasteiger partial charge < -0.3 is 5.11 Å². The summed E-state index contributed by atoms with van der Waals surface area (Å²) < 4.78 is 1.75. The summed E-state index contributed by atoms with van der Waals surface area (Å²) in [5.74, 6) is -0.887. The molecule has 2 fully saturated rings. The van der Waals surface area contributed by atoms with Crippen molar-refractivity contribution in [3.8, 4) is 0 Å². The molecule has 0 amide bonds. The first-order valence-corrected chi connectivity index (χ1v) is 7.53. The van der Waals surface area contributed by atoms with Crippen LogP contribution in [0.2, 0.25) is 0 Å². The molecule has 2 unspecified atom stereocenters. The van der Waals surface area contributed by atoms with E-state index in [1.807, 2.05) is 6.92 Å². The molecule has 114 valence electrons. The first-order valence-electron chi connectivity index (χ1n) is 7.53. The molecule has 6 heteroatoms. The summed E-state index contributed by atoms with van der Waals surface area (Å²) in [5, 5.41) is 9.07. The maximum absolute atomic E-state index is 12.4. The van der Waals surface area contributed by atoms with E-state index in [0.29, 0.717) is 17.3 Å². The van der Waals surface area contributed by atoms with Gasteiger partial charge in [-0.15, -0.1) is 0 Å². The normalized spacial score (nSPS) is 25.2. The molecular formula is C15H21N3O3. The third kappa shape index (κ3) is 2.37. The predicted octanol–water partition coefficient (Wildman–Crippen LogP) is 0.896. The molecule has 0 spiro atoms. The molecular weight excluding hydrogens is 270 g/mol. The largest absolute Gasteiger partial charge is 0.481 e. The number of rotatable bonds is 3. The summed E-state index contributed by atoms with van der Waals surface area (Å²) >= 11 is 0. The molecule has 3 heterocycles. The number of aromatic nitrogens is 2. The first kappa shape index (κ1) is 14.3. The number of carbonyl (C=O) groups is 1. The summed E-state index contributed by atoms with van der Waals surface area (Å²) in [6.45, 7) is 5.69. The Labute approximate surface area is 123 Å². The lowest BCUT2D eigenvalue weighted by molar-refractivity contribution is -0.136. The number of hydrogen-bond donors (Lipinski definition) is 1. The third-order valence-electron chi connectivity index (χ3n) is 4.93. The molecule has 1 aromatic rings. The van der Waals surface area contributed by atoms with Crippen LogP contribution in [0.4, 0.5) is 0 Å². The number of carboxylic acid groups (broad SMARTS) is 1. The van der Waals surface area contributed by atoms with Crippen LogP contribution < -0.4 is 5.69 Å². The van der Waals surface area contributed by atoms with Crippen molar-refractivity contribution in [2.45, 2.75) is 51.6 Å². The molecule has 0 aromatic carbocycles. The van der Waals surface area contributed by atoms with E-state index in [1.165, 1.54) is 6.42 Å². The summed E-state index contributed by atoms with van der Waals surface area (Å²) in [6, 6.07) is 0.546. The van der Waals surface area contributed by atoms with Gasteiger partial charge in [0.25, 0.3) is 0 Å². The van der Waals surface area contributed by atoms with Crippen molar-refractivity contribution in [1.29, 1.82) is 0 Å². The maximum atomic E-state index is 12.4. The van der Waals surface area contributed by atoms with Crippen LogP contribution in [0.1, 0.15) is 42.3 Å². The molecule has 2 atom stereocenters. The minimum Gasteiger partial charge on any atom is -0.481 e. The van der Waals surface area contributed by atoms with Gasteiger partial charge in [-0.05, 0) is 39.7 Å². The Balaban J connectivity index is 2.06. The Morgan fingerprint density at radius 3 is 2.76 bits per heavy atom. The standard InChI is InChI=1S/C15H21N3O3/c1-9-11(8-14(19)20)10(2)18(15(21)16-9)13-5-7-17-6-3-4-12(13)17/h12-13H,3-8H2,1-2H3,(H,19,20). The number of nitrogens with zero attached hydrogens (tertiary/aromatic N) is 3. The van der Waals surface area contributed by atoms with Crippen LogP contribution in [-0.2, 0) is 11.2 Å². The molecule has 3 rings (SSSR count). The van der Waals surface area contributed by atoms with Gasteiger partial charge in [0.2, 0.25) is 0 Å². The fourth-order valence-electron chi connectivity index (χ4n) is 3.97. The van der Waals surface area contributed by atoms with Gasteiger partial charge in [-0.3, -0.25) is 14.3 Å². The van der Waals surface area contributed by atoms with Crippen molar-refractivity contribution < 1.29 is 9.90 Å². The van der Waals surface area contributed by atoms with Crippen molar-refractivity contribution in [2.24, 2.45) is 0 Å². The molecule has 6 nitrogen and oxygen atoms in total. The van der Waals surface area contributed by atoms with Gasteiger partial charge in [-0.25, -0.2) is 4.79 Å². The quantitative estimate of drug-likeness (QED) is 0.895. The van der Waals surface area contributed by atoms with Crippen LogP contribution in [0.15, 0.2) is 4.79 Å². The van der Waals surface area contributed by atoms with E-state index in [-0.39, 0.29) is 18.2 Å². The summed E-state index contributed by atoms with van der Waals surface area (Å²) in [7, 11) is 0. The fourth-order valence-corrected chi connectivity index (χ4v) is 3.97. The summed E-state index contributed by atoms with van der Waals surface area (Å²) in [6.07, 6.45) is 3.16. The van der Waals surface area contributed by atoms with Gasteiger partial charge in [0.15, 0.2) is 0 Å². The van der Waals surface area contributed by atoms with Gasteiger partial charge in [0, 0.05) is 29.5 Å². The monoisotopic (exact) mass is 291 g/mol. The molecule has 0 bridgehead atoms. The lowest BCUT2D eigenvalue weighted by Crippen LogP contribution is -2.36. The fraction of sp³-hybridized carbons (Fsp3) is 0.667. The number of carboxylic acids is 1. The Hall–Kier alpha value is -1.69. The van der Waals surface area contributed by atoms with Gasteiger partial charge in [-0.2, -0.15) is 4.98 Å². The topological polar surface area (TPSA) is 75.4 Å². The second-order valence-corrected chi connectivity index (χ2v) is 6.09. The number of hydrogen-bond acceptors (Lipinski definition) is 4. The summed E-state index contributed by atoms with van der Waals surface area (Å²) in [5.41, 5.74) is 1.75.